The minimum Gasteiger partial charge on any atom is -0.370 e. The van der Waals surface area contributed by atoms with Gasteiger partial charge in [0.05, 0.1) is 23.6 Å². The number of fused-ring (bicyclic) bond motifs is 2. The number of hydrogen-bond acceptors (Lipinski definition) is 5. The van der Waals surface area contributed by atoms with E-state index in [2.05, 4.69) is 46.2 Å². The Hall–Kier alpha value is -1.96. The summed E-state index contributed by atoms with van der Waals surface area (Å²) >= 11 is 1.62. The van der Waals surface area contributed by atoms with E-state index in [-0.39, 0.29) is 11.5 Å². The summed E-state index contributed by atoms with van der Waals surface area (Å²) in [6.45, 7) is 8.51. The molecule has 2 aromatic rings. The van der Waals surface area contributed by atoms with Crippen molar-refractivity contribution in [3.8, 4) is 0 Å². The largest absolute Gasteiger partial charge is 0.370 e. The molecule has 0 aliphatic carbocycles. The quantitative estimate of drug-likeness (QED) is 0.756. The molecule has 2 aliphatic heterocycles. The van der Waals surface area contributed by atoms with Gasteiger partial charge in [0.15, 0.2) is 0 Å². The Labute approximate surface area is 170 Å². The summed E-state index contributed by atoms with van der Waals surface area (Å²) in [6.07, 6.45) is 8.61. The van der Waals surface area contributed by atoms with E-state index < -0.39 is 0 Å². The van der Waals surface area contributed by atoms with Crippen molar-refractivity contribution >= 4 is 17.2 Å². The number of likely N-dealkylation sites (tertiary alicyclic amines) is 1. The van der Waals surface area contributed by atoms with Gasteiger partial charge in [-0.1, -0.05) is 11.6 Å². The highest BCUT2D eigenvalue weighted by atomic mass is 32.1. The van der Waals surface area contributed by atoms with Gasteiger partial charge in [0.25, 0.3) is 5.91 Å². The molecule has 0 atom stereocenters. The molecule has 28 heavy (non-hydrogen) atoms. The molecular weight excluding hydrogens is 372 g/mol. The number of nitrogens with one attached hydrogen (secondary N) is 2. The van der Waals surface area contributed by atoms with Gasteiger partial charge in [-0.25, -0.2) is 4.98 Å². The van der Waals surface area contributed by atoms with E-state index in [1.807, 2.05) is 0 Å². The molecule has 1 saturated heterocycles. The molecule has 2 aliphatic rings. The average molecular weight is 401 g/mol. The summed E-state index contributed by atoms with van der Waals surface area (Å²) in [6, 6.07) is 2.07. The van der Waals surface area contributed by atoms with Crippen molar-refractivity contribution in [2.45, 2.75) is 45.3 Å². The average Bonchev–Trinajstić information content (AvgIpc) is 3.36. The third-order valence-electron chi connectivity index (χ3n) is 5.62. The minimum absolute atomic E-state index is 0.0352. The lowest BCUT2D eigenvalue weighted by Gasteiger charge is -2.44. The topological polar surface area (TPSA) is 70.2 Å². The Balaban J connectivity index is 1.45. The Morgan fingerprint density at radius 2 is 2.25 bits per heavy atom. The number of carbonyl (C=O) groups is 1. The summed E-state index contributed by atoms with van der Waals surface area (Å²) in [5, 5.41) is 2.96. The molecule has 0 unspecified atom stereocenters. The maximum absolute atomic E-state index is 12.6. The van der Waals surface area contributed by atoms with Crippen molar-refractivity contribution < 1.29 is 9.53 Å². The first-order valence-electron chi connectivity index (χ1n) is 9.95. The fourth-order valence-corrected chi connectivity index (χ4v) is 5.14. The molecule has 1 fully saturated rings. The molecule has 2 aromatic heterocycles. The van der Waals surface area contributed by atoms with Gasteiger partial charge in [0.1, 0.15) is 5.82 Å². The lowest BCUT2D eigenvalue weighted by atomic mass is 9.82. The van der Waals surface area contributed by atoms with Crippen LogP contribution in [0, 0.1) is 0 Å². The lowest BCUT2D eigenvalue weighted by Crippen LogP contribution is -2.46. The van der Waals surface area contributed by atoms with Crippen LogP contribution in [0.2, 0.25) is 0 Å². The van der Waals surface area contributed by atoms with Crippen molar-refractivity contribution in [3.05, 3.63) is 51.3 Å². The van der Waals surface area contributed by atoms with Crippen molar-refractivity contribution in [2.75, 3.05) is 26.2 Å². The number of ether oxygens (including phenoxy) is 1. The monoisotopic (exact) mass is 400 g/mol. The zero-order valence-corrected chi connectivity index (χ0v) is 17.4. The van der Waals surface area contributed by atoms with Crippen LogP contribution in [0.3, 0.4) is 0 Å². The van der Waals surface area contributed by atoms with Gasteiger partial charge in [-0.15, -0.1) is 11.3 Å². The van der Waals surface area contributed by atoms with Gasteiger partial charge in [0, 0.05) is 43.3 Å². The second-order valence-electron chi connectivity index (χ2n) is 7.84. The zero-order valence-electron chi connectivity index (χ0n) is 16.6. The van der Waals surface area contributed by atoms with Crippen molar-refractivity contribution in [2.24, 2.45) is 0 Å². The number of hydrogen-bond donors (Lipinski definition) is 2. The fourth-order valence-electron chi connectivity index (χ4n) is 4.00. The van der Waals surface area contributed by atoms with E-state index in [0.717, 1.165) is 56.2 Å². The van der Waals surface area contributed by atoms with E-state index in [1.54, 1.807) is 23.7 Å². The standard InChI is InChI=1S/C21H28N4O2S/c1-15(2)3-9-25-10-5-21(6-11-25)16-13-18(28-17(16)4-12-27-21)20(26)24-14-19-22-7-8-23-19/h3,7-8,13H,4-6,9-12,14H2,1-2H3,(H,22,23)(H,24,26). The third-order valence-corrected chi connectivity index (χ3v) is 6.82. The molecule has 6 nitrogen and oxygen atoms in total. The Morgan fingerprint density at radius 1 is 1.43 bits per heavy atom. The summed E-state index contributed by atoms with van der Waals surface area (Å²) in [4.78, 5) is 24.4. The van der Waals surface area contributed by atoms with Gasteiger partial charge in [-0.05, 0) is 38.3 Å². The Morgan fingerprint density at radius 3 is 2.96 bits per heavy atom. The van der Waals surface area contributed by atoms with Crippen LogP contribution in [0.1, 0.15) is 52.6 Å². The number of allylic oxidation sites excluding steroid dienone is 1. The number of carbonyl (C=O) groups excluding carboxylic acids is 1. The lowest BCUT2D eigenvalue weighted by molar-refractivity contribution is -0.0958. The molecule has 0 saturated carbocycles. The van der Waals surface area contributed by atoms with Crippen LogP contribution in [0.4, 0.5) is 0 Å². The maximum atomic E-state index is 12.6. The van der Waals surface area contributed by atoms with Crippen LogP contribution >= 0.6 is 11.3 Å². The molecule has 0 aromatic carbocycles. The Kier molecular flexibility index (Phi) is 5.66. The van der Waals surface area contributed by atoms with E-state index in [0.29, 0.717) is 6.54 Å². The highest BCUT2D eigenvalue weighted by Gasteiger charge is 2.42. The second kappa shape index (κ2) is 8.19. The van der Waals surface area contributed by atoms with E-state index >= 15 is 0 Å². The normalized spacial score (nSPS) is 18.6. The molecule has 0 radical (unpaired) electrons. The van der Waals surface area contributed by atoms with Crippen LogP contribution in [0.15, 0.2) is 30.1 Å². The van der Waals surface area contributed by atoms with E-state index in [4.69, 9.17) is 4.74 Å². The van der Waals surface area contributed by atoms with E-state index in [9.17, 15) is 4.79 Å². The summed E-state index contributed by atoms with van der Waals surface area (Å²) in [5.41, 5.74) is 2.39. The fraction of sp³-hybridized carbons (Fsp3) is 0.524. The number of piperidine rings is 1. The van der Waals surface area contributed by atoms with Gasteiger partial charge in [-0.3, -0.25) is 9.69 Å². The third kappa shape index (κ3) is 4.06. The van der Waals surface area contributed by atoms with Gasteiger partial charge >= 0.3 is 0 Å². The molecule has 2 N–H and O–H groups in total. The zero-order chi connectivity index (χ0) is 19.6. The number of H-pyrrole nitrogens is 1. The van der Waals surface area contributed by atoms with Gasteiger partial charge in [-0.2, -0.15) is 0 Å². The molecular formula is C21H28N4O2S. The number of rotatable bonds is 5. The first kappa shape index (κ1) is 19.4. The summed E-state index contributed by atoms with van der Waals surface area (Å²) < 4.78 is 6.34. The number of thiophene rings is 1. The van der Waals surface area contributed by atoms with Crippen LogP contribution in [-0.2, 0) is 23.3 Å². The molecule has 4 heterocycles. The number of imidazole rings is 1. The van der Waals surface area contributed by atoms with Gasteiger partial charge in [0.2, 0.25) is 0 Å². The minimum atomic E-state index is -0.217. The predicted octanol–water partition coefficient (Wildman–Crippen LogP) is 3.23. The first-order chi connectivity index (χ1) is 13.6. The Bertz CT molecular complexity index is 844. The van der Waals surface area contributed by atoms with Crippen LogP contribution in [-0.4, -0.2) is 47.0 Å². The number of aromatic nitrogens is 2. The molecule has 0 bridgehead atoms. The highest BCUT2D eigenvalue weighted by Crippen LogP contribution is 2.44. The summed E-state index contributed by atoms with van der Waals surface area (Å²) in [7, 11) is 0. The highest BCUT2D eigenvalue weighted by molar-refractivity contribution is 7.14. The predicted molar refractivity (Wildman–Crippen MR) is 111 cm³/mol. The first-order valence-corrected chi connectivity index (χ1v) is 10.8. The molecule has 7 heteroatoms. The number of amides is 1. The summed E-state index contributed by atoms with van der Waals surface area (Å²) in [5.74, 6) is 0.727. The van der Waals surface area contributed by atoms with E-state index in [1.165, 1.54) is 16.0 Å². The molecule has 4 rings (SSSR count). The molecule has 1 amide bonds. The molecule has 1 spiro atoms. The maximum Gasteiger partial charge on any atom is 0.261 e. The number of aromatic amines is 1. The second-order valence-corrected chi connectivity index (χ2v) is 8.98. The smallest absolute Gasteiger partial charge is 0.261 e. The number of nitrogens with zero attached hydrogens (tertiary/aromatic N) is 2. The van der Waals surface area contributed by atoms with Crippen molar-refractivity contribution in [3.63, 3.8) is 0 Å². The van der Waals surface area contributed by atoms with Crippen molar-refractivity contribution in [1.29, 1.82) is 0 Å². The van der Waals surface area contributed by atoms with Crippen LogP contribution in [0.25, 0.3) is 0 Å². The van der Waals surface area contributed by atoms with Crippen LogP contribution in [0.5, 0.6) is 0 Å². The van der Waals surface area contributed by atoms with Gasteiger partial charge < -0.3 is 15.0 Å². The SMILES string of the molecule is CC(C)=CCN1CCC2(CC1)OCCc1sc(C(=O)NCc3ncc[nH]3)cc12. The van der Waals surface area contributed by atoms with Crippen molar-refractivity contribution in [1.82, 2.24) is 20.2 Å². The molecule has 150 valence electrons. The van der Waals surface area contributed by atoms with Crippen LogP contribution < -0.4 is 5.32 Å².